The monoisotopic (exact) mass is 364 g/mol. The van der Waals surface area contributed by atoms with Crippen LogP contribution in [0.3, 0.4) is 0 Å². The first kappa shape index (κ1) is 18.7. The molecule has 0 saturated heterocycles. The van der Waals surface area contributed by atoms with Crippen molar-refractivity contribution in [3.8, 4) is 5.75 Å². The second-order valence-corrected chi connectivity index (χ2v) is 7.25. The van der Waals surface area contributed by atoms with E-state index in [4.69, 9.17) is 4.74 Å². The summed E-state index contributed by atoms with van der Waals surface area (Å²) in [4.78, 5) is 10.0. The quantitative estimate of drug-likeness (QED) is 0.593. The lowest BCUT2D eigenvalue weighted by molar-refractivity contribution is -0.385. The zero-order chi connectivity index (χ0) is 18.6. The minimum absolute atomic E-state index is 0.0409. The molecule has 1 N–H and O–H groups in total. The zero-order valence-corrected chi connectivity index (χ0v) is 15.0. The van der Waals surface area contributed by atoms with Crippen molar-refractivity contribution in [3.05, 3.63) is 58.1 Å². The van der Waals surface area contributed by atoms with Gasteiger partial charge in [0.15, 0.2) is 0 Å². The third kappa shape index (κ3) is 4.08. The number of nitro groups is 1. The summed E-state index contributed by atoms with van der Waals surface area (Å²) in [6.45, 7) is 4.01. The van der Waals surface area contributed by atoms with Gasteiger partial charge < -0.3 is 4.74 Å². The van der Waals surface area contributed by atoms with Gasteiger partial charge in [0.25, 0.3) is 15.7 Å². The van der Waals surface area contributed by atoms with Crippen molar-refractivity contribution in [1.82, 2.24) is 0 Å². The number of benzene rings is 2. The van der Waals surface area contributed by atoms with Crippen LogP contribution in [0.5, 0.6) is 5.75 Å². The summed E-state index contributed by atoms with van der Waals surface area (Å²) in [6, 6.07) is 10.6. The Balaban J connectivity index is 2.51. The van der Waals surface area contributed by atoms with Crippen LogP contribution in [0.25, 0.3) is 0 Å². The summed E-state index contributed by atoms with van der Waals surface area (Å²) in [5.41, 5.74) is 0.986. The van der Waals surface area contributed by atoms with E-state index in [1.807, 2.05) is 26.0 Å². The van der Waals surface area contributed by atoms with Crippen molar-refractivity contribution in [2.75, 3.05) is 11.8 Å². The fourth-order valence-corrected chi connectivity index (χ4v) is 3.71. The van der Waals surface area contributed by atoms with E-state index in [0.29, 0.717) is 5.69 Å². The van der Waals surface area contributed by atoms with Crippen molar-refractivity contribution < 1.29 is 18.1 Å². The predicted octanol–water partition coefficient (Wildman–Crippen LogP) is 3.92. The Hall–Kier alpha value is -2.61. The summed E-state index contributed by atoms with van der Waals surface area (Å²) in [5, 5.41) is 11.0. The summed E-state index contributed by atoms with van der Waals surface area (Å²) >= 11 is 0. The molecule has 0 aliphatic heterocycles. The maximum Gasteiger partial charge on any atom is 0.271 e. The molecule has 0 unspecified atom stereocenters. The average molecular weight is 364 g/mol. The average Bonchev–Trinajstić information content (AvgIpc) is 2.60. The molecular formula is C17H20N2O5S. The zero-order valence-electron chi connectivity index (χ0n) is 14.2. The Morgan fingerprint density at radius 3 is 2.52 bits per heavy atom. The predicted molar refractivity (Wildman–Crippen MR) is 95.6 cm³/mol. The Bertz CT molecular complexity index is 880. The van der Waals surface area contributed by atoms with E-state index in [1.54, 1.807) is 12.1 Å². The lowest BCUT2D eigenvalue weighted by Gasteiger charge is -2.17. The van der Waals surface area contributed by atoms with E-state index in [-0.39, 0.29) is 22.3 Å². The molecule has 7 nitrogen and oxygen atoms in total. The number of para-hydroxylation sites is 1. The molecule has 8 heteroatoms. The minimum Gasteiger partial charge on any atom is -0.495 e. The molecule has 2 aromatic rings. The number of methoxy groups -OCH3 is 1. The third-order valence-electron chi connectivity index (χ3n) is 4.00. The van der Waals surface area contributed by atoms with Crippen molar-refractivity contribution in [2.45, 2.75) is 31.1 Å². The molecule has 0 aliphatic carbocycles. The van der Waals surface area contributed by atoms with Crippen LogP contribution in [0.4, 0.5) is 11.4 Å². The Kier molecular flexibility index (Phi) is 5.63. The highest BCUT2D eigenvalue weighted by atomic mass is 32.2. The summed E-state index contributed by atoms with van der Waals surface area (Å²) in [7, 11) is -2.74. The molecule has 2 aromatic carbocycles. The Morgan fingerprint density at radius 2 is 1.92 bits per heavy atom. The van der Waals surface area contributed by atoms with Crippen molar-refractivity contribution in [3.63, 3.8) is 0 Å². The van der Waals surface area contributed by atoms with Crippen molar-refractivity contribution in [1.29, 1.82) is 0 Å². The SMILES string of the molecule is CC[C@@H](C)c1ccccc1NS(=O)(=O)c1cc([N+](=O)[O-])ccc1OC. The molecule has 0 bridgehead atoms. The molecule has 0 saturated carbocycles. The number of ether oxygens (including phenoxy) is 1. The van der Waals surface area contributed by atoms with Crippen molar-refractivity contribution >= 4 is 21.4 Å². The smallest absolute Gasteiger partial charge is 0.271 e. The van der Waals surface area contributed by atoms with Crippen LogP contribution in [-0.4, -0.2) is 20.5 Å². The summed E-state index contributed by atoms with van der Waals surface area (Å²) in [6.07, 6.45) is 0.846. The summed E-state index contributed by atoms with van der Waals surface area (Å²) < 4.78 is 33.2. The molecule has 0 fully saturated rings. The highest BCUT2D eigenvalue weighted by Gasteiger charge is 2.24. The lowest BCUT2D eigenvalue weighted by Crippen LogP contribution is -2.16. The van der Waals surface area contributed by atoms with Crippen LogP contribution in [0.15, 0.2) is 47.4 Å². The molecule has 0 aromatic heterocycles. The van der Waals surface area contributed by atoms with Gasteiger partial charge in [-0.25, -0.2) is 8.42 Å². The molecule has 134 valence electrons. The number of hydrogen-bond donors (Lipinski definition) is 1. The van der Waals surface area contributed by atoms with E-state index in [9.17, 15) is 18.5 Å². The van der Waals surface area contributed by atoms with Gasteiger partial charge in [-0.2, -0.15) is 0 Å². The van der Waals surface area contributed by atoms with Gasteiger partial charge >= 0.3 is 0 Å². The van der Waals surface area contributed by atoms with E-state index >= 15 is 0 Å². The van der Waals surface area contributed by atoms with Gasteiger partial charge in [0, 0.05) is 12.1 Å². The van der Waals surface area contributed by atoms with Gasteiger partial charge in [-0.1, -0.05) is 32.0 Å². The Labute approximate surface area is 146 Å². The van der Waals surface area contributed by atoms with Gasteiger partial charge in [-0.05, 0) is 30.0 Å². The maximum atomic E-state index is 12.8. The fourth-order valence-electron chi connectivity index (χ4n) is 2.43. The van der Waals surface area contributed by atoms with Gasteiger partial charge in [-0.15, -0.1) is 0 Å². The van der Waals surface area contributed by atoms with Gasteiger partial charge in [0.2, 0.25) is 0 Å². The van der Waals surface area contributed by atoms with Crippen molar-refractivity contribution in [2.24, 2.45) is 0 Å². The number of anilines is 1. The van der Waals surface area contributed by atoms with Crippen LogP contribution < -0.4 is 9.46 Å². The Morgan fingerprint density at radius 1 is 1.24 bits per heavy atom. The van der Waals surface area contributed by atoms with Gasteiger partial charge in [-0.3, -0.25) is 14.8 Å². The second-order valence-electron chi connectivity index (χ2n) is 5.59. The van der Waals surface area contributed by atoms with Crippen LogP contribution in [0.1, 0.15) is 31.7 Å². The highest BCUT2D eigenvalue weighted by molar-refractivity contribution is 7.92. The number of nitrogens with zero attached hydrogens (tertiary/aromatic N) is 1. The number of rotatable bonds is 7. The van der Waals surface area contributed by atoms with E-state index < -0.39 is 14.9 Å². The lowest BCUT2D eigenvalue weighted by atomic mass is 9.97. The van der Waals surface area contributed by atoms with E-state index in [0.717, 1.165) is 18.1 Å². The number of nitrogens with one attached hydrogen (secondary N) is 1. The number of hydrogen-bond acceptors (Lipinski definition) is 5. The number of non-ortho nitro benzene ring substituents is 1. The number of nitro benzene ring substituents is 1. The van der Waals surface area contributed by atoms with Gasteiger partial charge in [0.1, 0.15) is 10.6 Å². The van der Waals surface area contributed by atoms with E-state index in [2.05, 4.69) is 4.72 Å². The van der Waals surface area contributed by atoms with Crippen LogP contribution in [0, 0.1) is 10.1 Å². The fraction of sp³-hybridized carbons (Fsp3) is 0.294. The molecular weight excluding hydrogens is 344 g/mol. The minimum atomic E-state index is -4.06. The molecule has 2 rings (SSSR count). The second kappa shape index (κ2) is 7.52. The van der Waals surface area contributed by atoms with Crippen LogP contribution >= 0.6 is 0 Å². The standard InChI is InChI=1S/C17H20N2O5S/c1-4-12(2)14-7-5-6-8-15(14)18-25(22,23)17-11-13(19(20)21)9-10-16(17)24-3/h5-12,18H,4H2,1-3H3/t12-/m1/s1. The number of sulfonamides is 1. The third-order valence-corrected chi connectivity index (χ3v) is 5.38. The van der Waals surface area contributed by atoms with Crippen LogP contribution in [0.2, 0.25) is 0 Å². The molecule has 0 amide bonds. The molecule has 0 heterocycles. The topological polar surface area (TPSA) is 98.5 Å². The molecule has 25 heavy (non-hydrogen) atoms. The maximum absolute atomic E-state index is 12.8. The molecule has 1 atom stereocenters. The molecule has 0 aliphatic rings. The first-order valence-electron chi connectivity index (χ1n) is 7.74. The molecule has 0 spiro atoms. The highest BCUT2D eigenvalue weighted by Crippen LogP contribution is 2.32. The first-order chi connectivity index (χ1) is 11.8. The normalized spacial score (nSPS) is 12.4. The van der Waals surface area contributed by atoms with Gasteiger partial charge in [0.05, 0.1) is 17.7 Å². The first-order valence-corrected chi connectivity index (χ1v) is 9.22. The van der Waals surface area contributed by atoms with E-state index in [1.165, 1.54) is 19.2 Å². The summed E-state index contributed by atoms with van der Waals surface area (Å²) in [5.74, 6) is 0.199. The largest absolute Gasteiger partial charge is 0.495 e. The van der Waals surface area contributed by atoms with Crippen LogP contribution in [-0.2, 0) is 10.0 Å². The molecule has 0 radical (unpaired) electrons.